The average molecular weight is 447 g/mol. The van der Waals surface area contributed by atoms with Gasteiger partial charge in [-0.1, -0.05) is 79.4 Å². The van der Waals surface area contributed by atoms with E-state index in [0.717, 1.165) is 36.8 Å². The van der Waals surface area contributed by atoms with Crippen LogP contribution >= 0.6 is 23.2 Å². The van der Waals surface area contributed by atoms with Gasteiger partial charge in [0.15, 0.2) is 0 Å². The molecule has 6 heteroatoms. The van der Waals surface area contributed by atoms with E-state index < -0.39 is 6.04 Å². The number of halogens is 2. The van der Waals surface area contributed by atoms with Crippen LogP contribution in [0.2, 0.25) is 10.0 Å². The molecule has 2 aromatic rings. The number of nitrogens with one attached hydrogen (secondary N) is 1. The molecule has 1 fully saturated rings. The Kier molecular flexibility index (Phi) is 8.17. The van der Waals surface area contributed by atoms with Gasteiger partial charge in [0.05, 0.1) is 6.42 Å². The van der Waals surface area contributed by atoms with Crippen LogP contribution in [0, 0.1) is 0 Å². The molecule has 3 rings (SSSR count). The maximum Gasteiger partial charge on any atom is 0.243 e. The smallest absolute Gasteiger partial charge is 0.243 e. The molecule has 2 aromatic carbocycles. The summed E-state index contributed by atoms with van der Waals surface area (Å²) >= 11 is 12.6. The summed E-state index contributed by atoms with van der Waals surface area (Å²) < 4.78 is 0. The first kappa shape index (κ1) is 22.6. The van der Waals surface area contributed by atoms with Gasteiger partial charge in [0, 0.05) is 22.6 Å². The molecule has 0 aromatic heterocycles. The zero-order valence-corrected chi connectivity index (χ0v) is 18.8. The second kappa shape index (κ2) is 10.8. The van der Waals surface area contributed by atoms with E-state index in [2.05, 4.69) is 5.32 Å². The lowest BCUT2D eigenvalue weighted by Crippen LogP contribution is -2.51. The first-order valence-corrected chi connectivity index (χ1v) is 11.3. The molecular formula is C24H28Cl2N2O2. The van der Waals surface area contributed by atoms with E-state index in [1.165, 1.54) is 0 Å². The maximum atomic E-state index is 13.4. The fourth-order valence-corrected chi connectivity index (χ4v) is 4.40. The Morgan fingerprint density at radius 3 is 2.13 bits per heavy atom. The van der Waals surface area contributed by atoms with E-state index in [4.69, 9.17) is 23.2 Å². The summed E-state index contributed by atoms with van der Waals surface area (Å²) in [7, 11) is 0. The van der Waals surface area contributed by atoms with Crippen LogP contribution in [0.5, 0.6) is 0 Å². The minimum absolute atomic E-state index is 0.0936. The molecule has 30 heavy (non-hydrogen) atoms. The number of benzene rings is 2. The molecule has 1 aliphatic carbocycles. The molecule has 4 nitrogen and oxygen atoms in total. The van der Waals surface area contributed by atoms with Crippen LogP contribution in [-0.4, -0.2) is 28.8 Å². The quantitative estimate of drug-likeness (QED) is 0.589. The van der Waals surface area contributed by atoms with Crippen LogP contribution in [0.25, 0.3) is 0 Å². The van der Waals surface area contributed by atoms with Crippen molar-refractivity contribution >= 4 is 35.0 Å². The number of hydrogen-bond donors (Lipinski definition) is 1. The Morgan fingerprint density at radius 2 is 1.57 bits per heavy atom. The van der Waals surface area contributed by atoms with E-state index in [1.54, 1.807) is 17.0 Å². The zero-order valence-electron chi connectivity index (χ0n) is 17.2. The second-order valence-corrected chi connectivity index (χ2v) is 8.61. The first-order valence-electron chi connectivity index (χ1n) is 10.6. The van der Waals surface area contributed by atoms with Crippen LogP contribution in [0.3, 0.4) is 0 Å². The summed E-state index contributed by atoms with van der Waals surface area (Å²) in [5.41, 5.74) is 1.57. The molecule has 1 atom stereocenters. The fourth-order valence-electron chi connectivity index (χ4n) is 4.00. The molecule has 1 aliphatic rings. The van der Waals surface area contributed by atoms with Crippen molar-refractivity contribution in [1.82, 2.24) is 10.2 Å². The molecule has 0 spiro atoms. The summed E-state index contributed by atoms with van der Waals surface area (Å²) in [6, 6.07) is 14.4. The molecular weight excluding hydrogens is 419 g/mol. The molecule has 2 amide bonds. The second-order valence-electron chi connectivity index (χ2n) is 7.80. The van der Waals surface area contributed by atoms with Gasteiger partial charge in [-0.25, -0.2) is 0 Å². The highest BCUT2D eigenvalue weighted by atomic mass is 35.5. The van der Waals surface area contributed by atoms with E-state index in [1.807, 2.05) is 43.3 Å². The van der Waals surface area contributed by atoms with E-state index in [9.17, 15) is 9.59 Å². The van der Waals surface area contributed by atoms with Gasteiger partial charge in [-0.3, -0.25) is 9.59 Å². The standard InChI is InChI=1S/C24H28Cl2N2O2/c1-2-22(24(30)27-19-11-5-6-12-19)28(16-18-10-4-8-14-21(18)26)23(29)15-17-9-3-7-13-20(17)25/h3-4,7-10,13-14,19,22H,2,5-6,11-12,15-16H2,1H3,(H,27,30). The highest BCUT2D eigenvalue weighted by Gasteiger charge is 2.31. The largest absolute Gasteiger partial charge is 0.352 e. The average Bonchev–Trinajstić information content (AvgIpc) is 3.24. The first-order chi connectivity index (χ1) is 14.5. The third-order valence-electron chi connectivity index (χ3n) is 5.69. The topological polar surface area (TPSA) is 49.4 Å². The number of rotatable bonds is 8. The molecule has 0 saturated heterocycles. The van der Waals surface area contributed by atoms with Gasteiger partial charge in [0.2, 0.25) is 11.8 Å². The lowest BCUT2D eigenvalue weighted by atomic mass is 10.1. The molecule has 160 valence electrons. The summed E-state index contributed by atoms with van der Waals surface area (Å²) in [6.45, 7) is 2.21. The normalized spacial score (nSPS) is 15.0. The molecule has 1 saturated carbocycles. The van der Waals surface area contributed by atoms with E-state index >= 15 is 0 Å². The maximum absolute atomic E-state index is 13.4. The van der Waals surface area contributed by atoms with Gasteiger partial charge >= 0.3 is 0 Å². The van der Waals surface area contributed by atoms with Crippen molar-refractivity contribution in [3.63, 3.8) is 0 Å². The summed E-state index contributed by atoms with van der Waals surface area (Å²) in [4.78, 5) is 28.1. The van der Waals surface area contributed by atoms with Crippen LogP contribution in [-0.2, 0) is 22.6 Å². The van der Waals surface area contributed by atoms with Crippen LogP contribution < -0.4 is 5.32 Å². The fraction of sp³-hybridized carbons (Fsp3) is 0.417. The van der Waals surface area contributed by atoms with E-state index in [-0.39, 0.29) is 30.8 Å². The van der Waals surface area contributed by atoms with Gasteiger partial charge in [0.1, 0.15) is 6.04 Å². The predicted octanol–water partition coefficient (Wildman–Crippen LogP) is 5.40. The summed E-state index contributed by atoms with van der Waals surface area (Å²) in [6.07, 6.45) is 4.93. The SMILES string of the molecule is CCC(C(=O)NC1CCCC1)N(Cc1ccccc1Cl)C(=O)Cc1ccccc1Cl. The Hall–Kier alpha value is -2.04. The lowest BCUT2D eigenvalue weighted by molar-refractivity contribution is -0.141. The molecule has 0 heterocycles. The molecule has 0 aliphatic heterocycles. The van der Waals surface area contributed by atoms with Crippen molar-refractivity contribution in [3.05, 3.63) is 69.7 Å². The van der Waals surface area contributed by atoms with Crippen molar-refractivity contribution in [2.75, 3.05) is 0 Å². The number of hydrogen-bond acceptors (Lipinski definition) is 2. The van der Waals surface area contributed by atoms with Crippen LogP contribution in [0.15, 0.2) is 48.5 Å². The van der Waals surface area contributed by atoms with Crippen LogP contribution in [0.1, 0.15) is 50.2 Å². The molecule has 0 bridgehead atoms. The summed E-state index contributed by atoms with van der Waals surface area (Å²) in [5.74, 6) is -0.236. The summed E-state index contributed by atoms with van der Waals surface area (Å²) in [5, 5.41) is 4.28. The van der Waals surface area contributed by atoms with Crippen LogP contribution in [0.4, 0.5) is 0 Å². The number of amides is 2. The molecule has 1 N–H and O–H groups in total. The Bertz CT molecular complexity index is 881. The highest BCUT2D eigenvalue weighted by molar-refractivity contribution is 6.31. The minimum atomic E-state index is -0.558. The predicted molar refractivity (Wildman–Crippen MR) is 122 cm³/mol. The van der Waals surface area contributed by atoms with Crippen molar-refractivity contribution in [3.8, 4) is 0 Å². The molecule has 0 radical (unpaired) electrons. The Labute approximate surface area is 188 Å². The third kappa shape index (κ3) is 5.77. The monoisotopic (exact) mass is 446 g/mol. The van der Waals surface area contributed by atoms with Gasteiger partial charge in [-0.2, -0.15) is 0 Å². The van der Waals surface area contributed by atoms with Gasteiger partial charge in [-0.05, 0) is 42.5 Å². The number of nitrogens with zero attached hydrogens (tertiary/aromatic N) is 1. The Balaban J connectivity index is 1.84. The number of carbonyl (C=O) groups is 2. The Morgan fingerprint density at radius 1 is 1.00 bits per heavy atom. The lowest BCUT2D eigenvalue weighted by Gasteiger charge is -2.32. The van der Waals surface area contributed by atoms with Gasteiger partial charge < -0.3 is 10.2 Å². The van der Waals surface area contributed by atoms with Crippen molar-refractivity contribution in [2.45, 2.75) is 64.1 Å². The third-order valence-corrected chi connectivity index (χ3v) is 6.42. The van der Waals surface area contributed by atoms with Gasteiger partial charge in [-0.15, -0.1) is 0 Å². The molecule has 1 unspecified atom stereocenters. The van der Waals surface area contributed by atoms with Crippen molar-refractivity contribution in [2.24, 2.45) is 0 Å². The zero-order chi connectivity index (χ0) is 21.5. The number of carbonyl (C=O) groups excluding carboxylic acids is 2. The van der Waals surface area contributed by atoms with E-state index in [0.29, 0.717) is 16.5 Å². The highest BCUT2D eigenvalue weighted by Crippen LogP contribution is 2.23. The van der Waals surface area contributed by atoms with Gasteiger partial charge in [0.25, 0.3) is 0 Å². The minimum Gasteiger partial charge on any atom is -0.352 e. The van der Waals surface area contributed by atoms with Crippen molar-refractivity contribution in [1.29, 1.82) is 0 Å². The van der Waals surface area contributed by atoms with Crippen molar-refractivity contribution < 1.29 is 9.59 Å².